The van der Waals surface area contributed by atoms with Crippen LogP contribution in [-0.2, 0) is 4.74 Å². The van der Waals surface area contributed by atoms with E-state index in [4.69, 9.17) is 14.2 Å². The van der Waals surface area contributed by atoms with Gasteiger partial charge in [0.05, 0.1) is 12.7 Å². The van der Waals surface area contributed by atoms with Gasteiger partial charge in [0.15, 0.2) is 11.6 Å². The standard InChI is InChI=1S/C24H28F2O3/c1-3-5-6-17-7-10-20(28-15-17)16-29-19-11-8-18(9-12-19)21-13-14-22(27-4-2)24(26)23(21)25/h3,8-9,11-14,17,20H,1,4-7,10,15-16H2,2H3. The summed E-state index contributed by atoms with van der Waals surface area (Å²) >= 11 is 0. The second-order valence-electron chi connectivity index (χ2n) is 7.27. The molecule has 2 atom stereocenters. The summed E-state index contributed by atoms with van der Waals surface area (Å²) in [5, 5.41) is 0. The van der Waals surface area contributed by atoms with E-state index in [0.717, 1.165) is 32.3 Å². The predicted octanol–water partition coefficient (Wildman–Crippen LogP) is 6.17. The topological polar surface area (TPSA) is 27.7 Å². The molecular formula is C24H28F2O3. The molecule has 0 amide bonds. The van der Waals surface area contributed by atoms with Crippen LogP contribution >= 0.6 is 0 Å². The van der Waals surface area contributed by atoms with Crippen LogP contribution in [0.5, 0.6) is 11.5 Å². The van der Waals surface area contributed by atoms with E-state index in [-0.39, 0.29) is 24.0 Å². The summed E-state index contributed by atoms with van der Waals surface area (Å²) in [5.41, 5.74) is 0.773. The molecule has 0 saturated carbocycles. The van der Waals surface area contributed by atoms with Gasteiger partial charge in [0.2, 0.25) is 5.82 Å². The van der Waals surface area contributed by atoms with Crippen molar-refractivity contribution in [1.82, 2.24) is 0 Å². The summed E-state index contributed by atoms with van der Waals surface area (Å²) in [4.78, 5) is 0. The first-order valence-corrected chi connectivity index (χ1v) is 10.2. The largest absolute Gasteiger partial charge is 0.491 e. The summed E-state index contributed by atoms with van der Waals surface area (Å²) in [7, 11) is 0. The number of hydrogen-bond donors (Lipinski definition) is 0. The Hall–Kier alpha value is -2.40. The van der Waals surface area contributed by atoms with Crippen LogP contribution in [0.1, 0.15) is 32.6 Å². The highest BCUT2D eigenvalue weighted by Gasteiger charge is 2.22. The smallest absolute Gasteiger partial charge is 0.201 e. The van der Waals surface area contributed by atoms with Crippen molar-refractivity contribution < 1.29 is 23.0 Å². The normalized spacial score (nSPS) is 19.0. The Kier molecular flexibility index (Phi) is 7.64. The van der Waals surface area contributed by atoms with Gasteiger partial charge in [-0.05, 0) is 68.4 Å². The van der Waals surface area contributed by atoms with Gasteiger partial charge in [0, 0.05) is 12.2 Å². The van der Waals surface area contributed by atoms with Gasteiger partial charge in [-0.2, -0.15) is 4.39 Å². The molecule has 5 heteroatoms. The molecule has 1 heterocycles. The van der Waals surface area contributed by atoms with E-state index in [9.17, 15) is 8.78 Å². The Morgan fingerprint density at radius 1 is 1.07 bits per heavy atom. The molecule has 0 aromatic heterocycles. The van der Waals surface area contributed by atoms with E-state index < -0.39 is 11.6 Å². The van der Waals surface area contributed by atoms with E-state index >= 15 is 0 Å². The number of rotatable bonds is 9. The molecular weight excluding hydrogens is 374 g/mol. The van der Waals surface area contributed by atoms with Gasteiger partial charge in [-0.1, -0.05) is 18.2 Å². The van der Waals surface area contributed by atoms with Crippen LogP contribution in [-0.4, -0.2) is 25.9 Å². The third-order valence-electron chi connectivity index (χ3n) is 5.19. The van der Waals surface area contributed by atoms with Crippen molar-refractivity contribution in [1.29, 1.82) is 0 Å². The number of benzene rings is 2. The van der Waals surface area contributed by atoms with Crippen LogP contribution in [0.2, 0.25) is 0 Å². The summed E-state index contributed by atoms with van der Waals surface area (Å²) in [6, 6.07) is 9.95. The van der Waals surface area contributed by atoms with Crippen LogP contribution in [0, 0.1) is 17.6 Å². The quantitative estimate of drug-likeness (QED) is 0.470. The molecule has 1 saturated heterocycles. The lowest BCUT2D eigenvalue weighted by Gasteiger charge is -2.28. The first kappa shape index (κ1) is 21.3. The molecule has 3 nitrogen and oxygen atoms in total. The Bertz CT molecular complexity index is 797. The molecule has 156 valence electrons. The maximum atomic E-state index is 14.4. The Morgan fingerprint density at radius 2 is 1.86 bits per heavy atom. The van der Waals surface area contributed by atoms with Crippen molar-refractivity contribution in [2.24, 2.45) is 5.92 Å². The van der Waals surface area contributed by atoms with E-state index in [0.29, 0.717) is 23.8 Å². The molecule has 2 aromatic carbocycles. The second-order valence-corrected chi connectivity index (χ2v) is 7.27. The molecule has 0 N–H and O–H groups in total. The first-order chi connectivity index (χ1) is 14.1. The molecule has 0 bridgehead atoms. The van der Waals surface area contributed by atoms with Crippen LogP contribution in [0.3, 0.4) is 0 Å². The average Bonchev–Trinajstić information content (AvgIpc) is 2.75. The summed E-state index contributed by atoms with van der Waals surface area (Å²) in [6.45, 7) is 7.02. The molecule has 0 aliphatic carbocycles. The summed E-state index contributed by atoms with van der Waals surface area (Å²) in [5.74, 6) is -0.671. The minimum Gasteiger partial charge on any atom is -0.491 e. The second kappa shape index (κ2) is 10.4. The van der Waals surface area contributed by atoms with Crippen LogP contribution < -0.4 is 9.47 Å². The molecule has 1 fully saturated rings. The molecule has 1 aliphatic heterocycles. The first-order valence-electron chi connectivity index (χ1n) is 10.2. The molecule has 0 radical (unpaired) electrons. The van der Waals surface area contributed by atoms with Crippen LogP contribution in [0.15, 0.2) is 49.1 Å². The molecule has 0 spiro atoms. The van der Waals surface area contributed by atoms with Gasteiger partial charge in [0.25, 0.3) is 0 Å². The third-order valence-corrected chi connectivity index (χ3v) is 5.19. The van der Waals surface area contributed by atoms with Gasteiger partial charge >= 0.3 is 0 Å². The number of ether oxygens (including phenoxy) is 3. The Balaban J connectivity index is 1.55. The SMILES string of the molecule is C=CCCC1CCC(COc2ccc(-c3ccc(OCC)c(F)c3F)cc2)OC1. The highest BCUT2D eigenvalue weighted by molar-refractivity contribution is 5.66. The fourth-order valence-corrected chi connectivity index (χ4v) is 3.51. The monoisotopic (exact) mass is 402 g/mol. The fraction of sp³-hybridized carbons (Fsp3) is 0.417. The van der Waals surface area contributed by atoms with Crippen molar-refractivity contribution in [2.45, 2.75) is 38.7 Å². The van der Waals surface area contributed by atoms with E-state index in [1.54, 1.807) is 31.2 Å². The lowest BCUT2D eigenvalue weighted by Crippen LogP contribution is -2.30. The number of halogens is 2. The third kappa shape index (κ3) is 5.57. The highest BCUT2D eigenvalue weighted by atomic mass is 19.2. The van der Waals surface area contributed by atoms with Crippen molar-refractivity contribution in [3.63, 3.8) is 0 Å². The van der Waals surface area contributed by atoms with Crippen LogP contribution in [0.4, 0.5) is 8.78 Å². The van der Waals surface area contributed by atoms with Crippen molar-refractivity contribution in [2.75, 3.05) is 19.8 Å². The maximum absolute atomic E-state index is 14.4. The zero-order chi connectivity index (χ0) is 20.6. The summed E-state index contributed by atoms with van der Waals surface area (Å²) in [6.07, 6.45) is 6.32. The maximum Gasteiger partial charge on any atom is 0.201 e. The van der Waals surface area contributed by atoms with Crippen LogP contribution in [0.25, 0.3) is 11.1 Å². The van der Waals surface area contributed by atoms with E-state index in [1.807, 2.05) is 6.08 Å². The fourth-order valence-electron chi connectivity index (χ4n) is 3.51. The molecule has 3 rings (SSSR count). The zero-order valence-electron chi connectivity index (χ0n) is 16.8. The lowest BCUT2D eigenvalue weighted by atomic mass is 9.94. The number of hydrogen-bond acceptors (Lipinski definition) is 3. The van der Waals surface area contributed by atoms with Gasteiger partial charge < -0.3 is 14.2 Å². The molecule has 1 aliphatic rings. The summed E-state index contributed by atoms with van der Waals surface area (Å²) < 4.78 is 45.3. The molecule has 2 aromatic rings. The van der Waals surface area contributed by atoms with E-state index in [2.05, 4.69) is 6.58 Å². The lowest BCUT2D eigenvalue weighted by molar-refractivity contribution is -0.0387. The van der Waals surface area contributed by atoms with Crippen molar-refractivity contribution in [3.05, 3.63) is 60.7 Å². The Labute approximate surface area is 171 Å². The van der Waals surface area contributed by atoms with E-state index in [1.165, 1.54) is 12.1 Å². The van der Waals surface area contributed by atoms with Gasteiger partial charge in [-0.25, -0.2) is 4.39 Å². The predicted molar refractivity (Wildman–Crippen MR) is 110 cm³/mol. The van der Waals surface area contributed by atoms with Crippen molar-refractivity contribution in [3.8, 4) is 22.6 Å². The van der Waals surface area contributed by atoms with Gasteiger partial charge in [-0.3, -0.25) is 0 Å². The number of allylic oxidation sites excluding steroid dienone is 1. The van der Waals surface area contributed by atoms with Crippen molar-refractivity contribution >= 4 is 0 Å². The minimum absolute atomic E-state index is 0.0760. The minimum atomic E-state index is -0.967. The molecule has 29 heavy (non-hydrogen) atoms. The van der Waals surface area contributed by atoms with Gasteiger partial charge in [0.1, 0.15) is 12.4 Å². The Morgan fingerprint density at radius 3 is 2.52 bits per heavy atom. The average molecular weight is 402 g/mol. The molecule has 2 unspecified atom stereocenters. The van der Waals surface area contributed by atoms with Gasteiger partial charge in [-0.15, -0.1) is 6.58 Å². The zero-order valence-corrected chi connectivity index (χ0v) is 16.8. The highest BCUT2D eigenvalue weighted by Crippen LogP contribution is 2.31.